The molecule has 4 heteroatoms. The highest BCUT2D eigenvalue weighted by molar-refractivity contribution is 5.32. The fraction of sp³-hybridized carbons (Fsp3) is 0.267. The van der Waals surface area contributed by atoms with Crippen LogP contribution in [0.4, 0.5) is 0 Å². The van der Waals surface area contributed by atoms with Gasteiger partial charge in [-0.3, -0.25) is 0 Å². The average Bonchev–Trinajstić information content (AvgIpc) is 2.38. The van der Waals surface area contributed by atoms with Crippen LogP contribution in [0.1, 0.15) is 32.0 Å². The van der Waals surface area contributed by atoms with Crippen molar-refractivity contribution in [2.45, 2.75) is 26.2 Å². The second-order valence-corrected chi connectivity index (χ2v) is 5.21. The molecule has 2 aromatic rings. The summed E-state index contributed by atoms with van der Waals surface area (Å²) in [6.07, 6.45) is 1.50. The minimum Gasteiger partial charge on any atom is -0.424 e. The molecule has 0 saturated heterocycles. The van der Waals surface area contributed by atoms with Crippen LogP contribution >= 0.6 is 0 Å². The van der Waals surface area contributed by atoms with Crippen molar-refractivity contribution in [3.05, 3.63) is 47.8 Å². The van der Waals surface area contributed by atoms with Gasteiger partial charge in [0, 0.05) is 6.20 Å². The predicted octanol–water partition coefficient (Wildman–Crippen LogP) is 3.44. The van der Waals surface area contributed by atoms with Crippen molar-refractivity contribution in [2.24, 2.45) is 0 Å². The Morgan fingerprint density at radius 3 is 2.37 bits per heavy atom. The van der Waals surface area contributed by atoms with Crippen molar-refractivity contribution < 1.29 is 4.74 Å². The van der Waals surface area contributed by atoms with Crippen molar-refractivity contribution in [3.63, 3.8) is 0 Å². The highest BCUT2D eigenvalue weighted by Gasteiger charge is 2.13. The number of rotatable bonds is 2. The largest absolute Gasteiger partial charge is 0.424 e. The lowest BCUT2D eigenvalue weighted by molar-refractivity contribution is 0.440. The molecule has 0 saturated carbocycles. The normalized spacial score (nSPS) is 10.8. The van der Waals surface area contributed by atoms with Crippen LogP contribution in [0.5, 0.6) is 11.8 Å². The first kappa shape index (κ1) is 13.0. The SMILES string of the molecule is CC(C)(C)c1ccc(Oc2nccc(C#N)n2)cc1. The zero-order valence-electron chi connectivity index (χ0n) is 11.2. The van der Waals surface area contributed by atoms with Crippen molar-refractivity contribution in [1.29, 1.82) is 5.26 Å². The number of hydrogen-bond acceptors (Lipinski definition) is 4. The monoisotopic (exact) mass is 253 g/mol. The second-order valence-electron chi connectivity index (χ2n) is 5.21. The number of aromatic nitrogens is 2. The lowest BCUT2D eigenvalue weighted by atomic mass is 9.87. The van der Waals surface area contributed by atoms with E-state index in [2.05, 4.69) is 30.7 Å². The summed E-state index contributed by atoms with van der Waals surface area (Å²) in [5.74, 6) is 0.656. The highest BCUT2D eigenvalue weighted by atomic mass is 16.5. The molecule has 0 N–H and O–H groups in total. The van der Waals surface area contributed by atoms with E-state index < -0.39 is 0 Å². The van der Waals surface area contributed by atoms with E-state index in [1.165, 1.54) is 17.8 Å². The summed E-state index contributed by atoms with van der Waals surface area (Å²) in [7, 11) is 0. The Morgan fingerprint density at radius 1 is 1.11 bits per heavy atom. The van der Waals surface area contributed by atoms with Crippen molar-refractivity contribution >= 4 is 0 Å². The summed E-state index contributed by atoms with van der Waals surface area (Å²) in [6.45, 7) is 6.47. The Balaban J connectivity index is 2.18. The summed E-state index contributed by atoms with van der Waals surface area (Å²) < 4.78 is 5.52. The van der Waals surface area contributed by atoms with Crippen molar-refractivity contribution in [3.8, 4) is 17.8 Å². The molecule has 0 bridgehead atoms. The summed E-state index contributed by atoms with van der Waals surface area (Å²) in [6, 6.07) is 11.5. The number of nitriles is 1. The molecule has 0 atom stereocenters. The smallest absolute Gasteiger partial charge is 0.323 e. The van der Waals surface area contributed by atoms with Crippen LogP contribution < -0.4 is 4.74 Å². The molecular weight excluding hydrogens is 238 g/mol. The molecule has 0 aliphatic heterocycles. The van der Waals surface area contributed by atoms with Crippen LogP contribution in [0.3, 0.4) is 0 Å². The van der Waals surface area contributed by atoms with Gasteiger partial charge in [-0.25, -0.2) is 4.98 Å². The molecule has 1 heterocycles. The number of nitrogens with zero attached hydrogens (tertiary/aromatic N) is 3. The van der Waals surface area contributed by atoms with Crippen LogP contribution in [0.15, 0.2) is 36.5 Å². The van der Waals surface area contributed by atoms with E-state index in [-0.39, 0.29) is 17.1 Å². The number of benzene rings is 1. The molecule has 2 rings (SSSR count). The maximum atomic E-state index is 8.76. The fourth-order valence-electron chi connectivity index (χ4n) is 1.58. The Bertz CT molecular complexity index is 607. The van der Waals surface area contributed by atoms with E-state index in [9.17, 15) is 0 Å². The first-order valence-electron chi connectivity index (χ1n) is 6.00. The fourth-order valence-corrected chi connectivity index (χ4v) is 1.58. The van der Waals surface area contributed by atoms with Gasteiger partial charge in [0.15, 0.2) is 0 Å². The molecule has 1 aromatic heterocycles. The van der Waals surface area contributed by atoms with Gasteiger partial charge in [-0.15, -0.1) is 0 Å². The Labute approximate surface area is 112 Å². The van der Waals surface area contributed by atoms with Gasteiger partial charge in [-0.05, 0) is 29.2 Å². The van der Waals surface area contributed by atoms with E-state index in [0.29, 0.717) is 5.75 Å². The van der Waals surface area contributed by atoms with E-state index in [4.69, 9.17) is 10.00 Å². The number of hydrogen-bond donors (Lipinski definition) is 0. The van der Waals surface area contributed by atoms with E-state index in [0.717, 1.165) is 0 Å². The molecule has 96 valence electrons. The third kappa shape index (κ3) is 3.29. The maximum Gasteiger partial charge on any atom is 0.323 e. The maximum absolute atomic E-state index is 8.76. The Hall–Kier alpha value is -2.41. The lowest BCUT2D eigenvalue weighted by Gasteiger charge is -2.18. The van der Waals surface area contributed by atoms with Crippen LogP contribution in [0, 0.1) is 11.3 Å². The van der Waals surface area contributed by atoms with Gasteiger partial charge in [0.05, 0.1) is 0 Å². The molecular formula is C15H15N3O. The van der Waals surface area contributed by atoms with Crippen LogP contribution in [-0.2, 0) is 5.41 Å². The minimum absolute atomic E-state index is 0.107. The van der Waals surface area contributed by atoms with Crippen molar-refractivity contribution in [1.82, 2.24) is 9.97 Å². The summed E-state index contributed by atoms with van der Waals surface area (Å²) >= 11 is 0. The molecule has 0 radical (unpaired) electrons. The minimum atomic E-state index is 0.107. The van der Waals surface area contributed by atoms with Crippen molar-refractivity contribution in [2.75, 3.05) is 0 Å². The zero-order valence-corrected chi connectivity index (χ0v) is 11.2. The molecule has 0 unspecified atom stereocenters. The van der Waals surface area contributed by atoms with Gasteiger partial charge >= 0.3 is 6.01 Å². The molecule has 4 nitrogen and oxygen atoms in total. The quantitative estimate of drug-likeness (QED) is 0.822. The Morgan fingerprint density at radius 2 is 1.79 bits per heavy atom. The number of ether oxygens (including phenoxy) is 1. The topological polar surface area (TPSA) is 58.8 Å². The molecule has 0 fully saturated rings. The lowest BCUT2D eigenvalue weighted by Crippen LogP contribution is -2.10. The Kier molecular flexibility index (Phi) is 3.48. The first-order valence-corrected chi connectivity index (χ1v) is 6.00. The third-order valence-electron chi connectivity index (χ3n) is 2.68. The molecule has 19 heavy (non-hydrogen) atoms. The standard InChI is InChI=1S/C15H15N3O/c1-15(2,3)11-4-6-13(7-5-11)19-14-17-9-8-12(10-16)18-14/h4-9H,1-3H3. The zero-order chi connectivity index (χ0) is 13.9. The van der Waals surface area contributed by atoms with E-state index in [1.807, 2.05) is 30.3 Å². The van der Waals surface area contributed by atoms with Gasteiger partial charge in [0.1, 0.15) is 17.5 Å². The van der Waals surface area contributed by atoms with Gasteiger partial charge in [0.2, 0.25) is 0 Å². The van der Waals surface area contributed by atoms with Gasteiger partial charge < -0.3 is 4.74 Å². The second kappa shape index (κ2) is 5.07. The highest BCUT2D eigenvalue weighted by Crippen LogP contribution is 2.25. The summed E-state index contributed by atoms with van der Waals surface area (Å²) in [5, 5.41) is 8.76. The molecule has 0 amide bonds. The molecule has 0 aliphatic carbocycles. The van der Waals surface area contributed by atoms with Gasteiger partial charge in [0.25, 0.3) is 0 Å². The van der Waals surface area contributed by atoms with E-state index >= 15 is 0 Å². The molecule has 0 aliphatic rings. The van der Waals surface area contributed by atoms with Gasteiger partial charge in [-0.1, -0.05) is 32.9 Å². The predicted molar refractivity (Wildman–Crippen MR) is 72.0 cm³/mol. The third-order valence-corrected chi connectivity index (χ3v) is 2.68. The average molecular weight is 253 g/mol. The van der Waals surface area contributed by atoms with Gasteiger partial charge in [-0.2, -0.15) is 10.2 Å². The molecule has 1 aromatic carbocycles. The van der Waals surface area contributed by atoms with Crippen LogP contribution in [0.25, 0.3) is 0 Å². The van der Waals surface area contributed by atoms with Crippen LogP contribution in [-0.4, -0.2) is 9.97 Å². The summed E-state index contributed by atoms with van der Waals surface area (Å²) in [5.41, 5.74) is 1.62. The van der Waals surface area contributed by atoms with E-state index in [1.54, 1.807) is 0 Å². The summed E-state index contributed by atoms with van der Waals surface area (Å²) in [4.78, 5) is 7.93. The molecule has 0 spiro atoms. The first-order chi connectivity index (χ1) is 8.99. The van der Waals surface area contributed by atoms with Crippen LogP contribution in [0.2, 0.25) is 0 Å².